The Bertz CT molecular complexity index is 526. The fraction of sp³-hybridized carbons (Fsp3) is 0. The molecule has 0 aliphatic rings. The monoisotopic (exact) mass is 356 g/mol. The van der Waals surface area contributed by atoms with Crippen LogP contribution < -0.4 is 0 Å². The number of aromatic carboxylic acids is 4. The summed E-state index contributed by atoms with van der Waals surface area (Å²) in [5.74, 6) is -6.97. The molecule has 0 aromatic heterocycles. The molecule has 0 radical (unpaired) electrons. The molecular weight excluding hydrogens is 349 g/mol. The minimum Gasteiger partial charge on any atom is -0.478 e. The van der Waals surface area contributed by atoms with E-state index in [0.717, 1.165) is 12.1 Å². The van der Waals surface area contributed by atoms with Gasteiger partial charge in [-0.3, -0.25) is 0 Å². The maximum Gasteiger partial charge on any atom is 0.337 e. The molecule has 0 spiro atoms. The van der Waals surface area contributed by atoms with Crippen LogP contribution in [0.25, 0.3) is 0 Å². The Hall–Kier alpha value is -2.28. The zero-order chi connectivity index (χ0) is 14.0. The summed E-state index contributed by atoms with van der Waals surface area (Å²) in [6.07, 6.45) is 0. The fourth-order valence-corrected chi connectivity index (χ4v) is 1.40. The first-order valence-electron chi connectivity index (χ1n) is 4.37. The summed E-state index contributed by atoms with van der Waals surface area (Å²) >= 11 is 0. The van der Waals surface area contributed by atoms with Gasteiger partial charge in [0, 0.05) is 19.5 Å². The number of rotatable bonds is 4. The summed E-state index contributed by atoms with van der Waals surface area (Å²) in [5, 5.41) is 35.2. The molecule has 0 atom stereocenters. The molecule has 0 unspecified atom stereocenters. The summed E-state index contributed by atoms with van der Waals surface area (Å²) in [4.78, 5) is 43.4. The first-order chi connectivity index (χ1) is 8.27. The summed E-state index contributed by atoms with van der Waals surface area (Å²) in [6, 6.07) is 1.48. The Balaban J connectivity index is 0.00000324. The topological polar surface area (TPSA) is 149 Å². The Morgan fingerprint density at radius 3 is 1.05 bits per heavy atom. The van der Waals surface area contributed by atoms with Crippen LogP contribution in [-0.2, 0) is 19.5 Å². The van der Waals surface area contributed by atoms with Crippen molar-refractivity contribution in [1.82, 2.24) is 0 Å². The van der Waals surface area contributed by atoms with Crippen molar-refractivity contribution in [3.63, 3.8) is 0 Å². The molecule has 0 heterocycles. The van der Waals surface area contributed by atoms with E-state index in [0.29, 0.717) is 0 Å². The second kappa shape index (κ2) is 6.06. The molecule has 9 heteroatoms. The number of benzene rings is 1. The first-order valence-corrected chi connectivity index (χ1v) is 4.37. The van der Waals surface area contributed by atoms with Gasteiger partial charge in [-0.15, -0.1) is 0 Å². The number of carboxylic acid groups (broad SMARTS) is 4. The van der Waals surface area contributed by atoms with E-state index < -0.39 is 46.1 Å². The first kappa shape index (κ1) is 16.7. The van der Waals surface area contributed by atoms with Gasteiger partial charge in [-0.2, -0.15) is 0 Å². The minimum atomic E-state index is -1.83. The third kappa shape index (κ3) is 3.14. The van der Waals surface area contributed by atoms with Gasteiger partial charge in [0.1, 0.15) is 0 Å². The van der Waals surface area contributed by atoms with Crippen LogP contribution in [-0.4, -0.2) is 44.3 Å². The van der Waals surface area contributed by atoms with Crippen LogP contribution in [0.3, 0.4) is 0 Å². The summed E-state index contributed by atoms with van der Waals surface area (Å²) < 4.78 is 0. The van der Waals surface area contributed by atoms with Crippen LogP contribution in [0.4, 0.5) is 0 Å². The van der Waals surface area contributed by atoms with E-state index in [-0.39, 0.29) is 19.5 Å². The van der Waals surface area contributed by atoms with Crippen LogP contribution in [0, 0.1) is 0 Å². The van der Waals surface area contributed by atoms with Gasteiger partial charge in [0.2, 0.25) is 0 Å². The van der Waals surface area contributed by atoms with Gasteiger partial charge < -0.3 is 20.4 Å². The summed E-state index contributed by atoms with van der Waals surface area (Å²) in [6.45, 7) is 0. The predicted octanol–water partition coefficient (Wildman–Crippen LogP) is 0.477. The van der Waals surface area contributed by atoms with Gasteiger partial charge in [-0.1, -0.05) is 0 Å². The van der Waals surface area contributed by atoms with Crippen molar-refractivity contribution in [2.75, 3.05) is 0 Å². The van der Waals surface area contributed by atoms with E-state index >= 15 is 0 Å². The Kier molecular flexibility index (Phi) is 5.33. The fourth-order valence-electron chi connectivity index (χ4n) is 1.40. The molecule has 0 fully saturated rings. The van der Waals surface area contributed by atoms with Crippen LogP contribution >= 0.6 is 0 Å². The second-order valence-electron chi connectivity index (χ2n) is 3.13. The zero-order valence-corrected chi connectivity index (χ0v) is 10.7. The normalized spacial score (nSPS) is 9.26. The molecule has 1 aromatic carbocycles. The minimum absolute atomic E-state index is 0. The van der Waals surface area contributed by atoms with Crippen molar-refractivity contribution in [2.24, 2.45) is 0 Å². The van der Waals surface area contributed by atoms with Gasteiger partial charge in [-0.25, -0.2) is 19.2 Å². The maximum atomic E-state index is 10.9. The van der Waals surface area contributed by atoms with E-state index in [1.807, 2.05) is 0 Å². The molecule has 4 N–H and O–H groups in total. The third-order valence-electron chi connectivity index (χ3n) is 2.09. The van der Waals surface area contributed by atoms with E-state index in [1.54, 1.807) is 0 Å². The molecule has 8 nitrogen and oxygen atoms in total. The number of carboxylic acids is 4. The van der Waals surface area contributed by atoms with Crippen LogP contribution in [0.2, 0.25) is 0 Å². The standard InChI is InChI=1S/C10H6O8.Ru/c11-7(12)3-1-2-4(8(13)14)6(10(17)18)5(3)9(15)16;/h1-2H,(H,11,12)(H,13,14)(H,15,16)(H,17,18);. The largest absolute Gasteiger partial charge is 0.478 e. The Morgan fingerprint density at radius 1 is 0.632 bits per heavy atom. The number of hydrogen-bond acceptors (Lipinski definition) is 4. The van der Waals surface area contributed by atoms with Gasteiger partial charge >= 0.3 is 23.9 Å². The van der Waals surface area contributed by atoms with Crippen molar-refractivity contribution in [3.05, 3.63) is 34.4 Å². The van der Waals surface area contributed by atoms with Crippen molar-refractivity contribution >= 4 is 23.9 Å². The quantitative estimate of drug-likeness (QED) is 0.570. The van der Waals surface area contributed by atoms with Crippen LogP contribution in [0.15, 0.2) is 12.1 Å². The molecular formula is C10H6O8Ru. The molecule has 1 rings (SSSR count). The maximum absolute atomic E-state index is 10.9. The average Bonchev–Trinajstić information content (AvgIpc) is 2.26. The predicted molar refractivity (Wildman–Crippen MR) is 54.3 cm³/mol. The number of carbonyl (C=O) groups is 4. The van der Waals surface area contributed by atoms with Gasteiger partial charge in [-0.05, 0) is 12.1 Å². The third-order valence-corrected chi connectivity index (χ3v) is 2.09. The van der Waals surface area contributed by atoms with E-state index in [9.17, 15) is 19.2 Å². The molecule has 19 heavy (non-hydrogen) atoms. The second-order valence-corrected chi connectivity index (χ2v) is 3.13. The molecule has 1 aromatic rings. The zero-order valence-electron chi connectivity index (χ0n) is 8.93. The van der Waals surface area contributed by atoms with Crippen molar-refractivity contribution in [1.29, 1.82) is 0 Å². The van der Waals surface area contributed by atoms with Gasteiger partial charge in [0.05, 0.1) is 22.3 Å². The smallest absolute Gasteiger partial charge is 0.337 e. The number of hydrogen-bond donors (Lipinski definition) is 4. The molecule has 0 saturated carbocycles. The van der Waals surface area contributed by atoms with Crippen LogP contribution in [0.1, 0.15) is 41.4 Å². The van der Waals surface area contributed by atoms with E-state index in [2.05, 4.69) is 0 Å². The molecule has 0 amide bonds. The SMILES string of the molecule is O=C(O)c1ccc(C(=O)O)c(C(=O)O)c1C(=O)O.[Ru]. The average molecular weight is 355 g/mol. The van der Waals surface area contributed by atoms with Crippen molar-refractivity contribution in [2.45, 2.75) is 0 Å². The summed E-state index contributed by atoms with van der Waals surface area (Å²) in [5.41, 5.74) is -3.69. The molecule has 0 aliphatic heterocycles. The Labute approximate surface area is 118 Å². The van der Waals surface area contributed by atoms with Gasteiger partial charge in [0.15, 0.2) is 0 Å². The molecule has 102 valence electrons. The molecule has 0 saturated heterocycles. The van der Waals surface area contributed by atoms with Crippen molar-refractivity contribution < 1.29 is 59.1 Å². The van der Waals surface area contributed by atoms with Crippen LogP contribution in [0.5, 0.6) is 0 Å². The van der Waals surface area contributed by atoms with E-state index in [4.69, 9.17) is 20.4 Å². The van der Waals surface area contributed by atoms with Gasteiger partial charge in [0.25, 0.3) is 0 Å². The Morgan fingerprint density at radius 2 is 0.895 bits per heavy atom. The molecule has 0 bridgehead atoms. The summed E-state index contributed by atoms with van der Waals surface area (Å²) in [7, 11) is 0. The van der Waals surface area contributed by atoms with E-state index in [1.165, 1.54) is 0 Å². The molecule has 0 aliphatic carbocycles. The van der Waals surface area contributed by atoms with Crippen molar-refractivity contribution in [3.8, 4) is 0 Å².